The lowest BCUT2D eigenvalue weighted by atomic mass is 9.88. The molecule has 4 aromatic rings. The highest BCUT2D eigenvalue weighted by Gasteiger charge is 2.38. The Morgan fingerprint density at radius 2 is 1.27 bits per heavy atom. The number of aryl methyl sites for hydroxylation is 4. The van der Waals surface area contributed by atoms with Crippen molar-refractivity contribution in [3.05, 3.63) is 99.1 Å². The third-order valence-corrected chi connectivity index (χ3v) is 9.83. The number of esters is 1. The van der Waals surface area contributed by atoms with E-state index in [0.717, 1.165) is 73.6 Å². The van der Waals surface area contributed by atoms with Crippen molar-refractivity contribution in [1.29, 1.82) is 5.26 Å². The first-order valence-corrected chi connectivity index (χ1v) is 20.0. The first-order valence-electron chi connectivity index (χ1n) is 20.0. The van der Waals surface area contributed by atoms with E-state index in [1.807, 2.05) is 97.0 Å². The number of pyridine rings is 2. The monoisotopic (exact) mass is 759 g/mol. The minimum atomic E-state index is -1.27. The van der Waals surface area contributed by atoms with Gasteiger partial charge in [-0.1, -0.05) is 122 Å². The van der Waals surface area contributed by atoms with Gasteiger partial charge in [0.2, 0.25) is 6.10 Å². The number of carbonyl (C=O) groups excluding carboxylic acids is 2. The maximum Gasteiger partial charge on any atom is 0.408 e. The molecule has 9 nitrogen and oxygen atoms in total. The first-order chi connectivity index (χ1) is 26.5. The van der Waals surface area contributed by atoms with Crippen molar-refractivity contribution in [3.63, 3.8) is 0 Å². The summed E-state index contributed by atoms with van der Waals surface area (Å²) in [5.74, 6) is 0.253. The number of nitrogens with zero attached hydrogens (tertiary/aromatic N) is 3. The molecule has 4 rings (SSSR count). The van der Waals surface area contributed by atoms with E-state index >= 15 is 0 Å². The average Bonchev–Trinajstić information content (AvgIpc) is 3.13. The summed E-state index contributed by atoms with van der Waals surface area (Å²) >= 11 is 0. The van der Waals surface area contributed by atoms with Crippen LogP contribution in [0.2, 0.25) is 0 Å². The van der Waals surface area contributed by atoms with Gasteiger partial charge in [0.25, 0.3) is 0 Å². The Hall–Kier alpha value is -5.07. The standard InChI is InChI=1S/C47H61N5O4/c1-12-37-34(22-23-48)41(32-18-14-30(7)15-19-32)36(40(51-37)25-29(5)6)27-50-46(54)56-44(47(9,10)11)45(53)55-43-38(13-2)52-39(24-28(3)4)35(26-49)42(43)33-20-16-31(8)17-21-33/h14-21,28-29,44H,12-13,22,24-27,49H2,1-11H3,(H,50,54). The summed E-state index contributed by atoms with van der Waals surface area (Å²) in [5.41, 5.74) is 17.0. The number of alkyl carbamates (subject to hydrolysis) is 1. The number of nitriles is 1. The van der Waals surface area contributed by atoms with E-state index in [-0.39, 0.29) is 25.4 Å². The molecule has 56 heavy (non-hydrogen) atoms. The molecule has 298 valence electrons. The Bertz CT molecular complexity index is 2040. The zero-order valence-corrected chi connectivity index (χ0v) is 35.4. The molecule has 0 fully saturated rings. The number of amides is 1. The van der Waals surface area contributed by atoms with Crippen molar-refractivity contribution in [3.8, 4) is 34.1 Å². The minimum Gasteiger partial charge on any atom is -0.434 e. The van der Waals surface area contributed by atoms with Gasteiger partial charge in [-0.25, -0.2) is 9.59 Å². The number of benzene rings is 2. The van der Waals surface area contributed by atoms with Crippen molar-refractivity contribution in [2.75, 3.05) is 0 Å². The lowest BCUT2D eigenvalue weighted by Crippen LogP contribution is -2.43. The van der Waals surface area contributed by atoms with Gasteiger partial charge in [0.05, 0.1) is 18.2 Å². The van der Waals surface area contributed by atoms with E-state index in [0.29, 0.717) is 36.6 Å². The molecular weight excluding hydrogens is 699 g/mol. The molecule has 0 saturated carbocycles. The maximum atomic E-state index is 14.3. The Morgan fingerprint density at radius 3 is 1.73 bits per heavy atom. The summed E-state index contributed by atoms with van der Waals surface area (Å²) in [6.45, 7) is 22.4. The van der Waals surface area contributed by atoms with E-state index in [4.69, 9.17) is 25.2 Å². The fourth-order valence-electron chi connectivity index (χ4n) is 7.04. The molecule has 0 aliphatic rings. The quantitative estimate of drug-likeness (QED) is 0.114. The zero-order chi connectivity index (χ0) is 41.3. The van der Waals surface area contributed by atoms with Gasteiger partial charge in [-0.3, -0.25) is 9.97 Å². The SMILES string of the molecule is CCc1nc(CC(C)C)c(CNC(=O)OC(C(=O)Oc2c(CC)nc(CC(C)C)c(CN)c2-c2ccc(C)cc2)C(C)(C)C)c(-c2ccc(C)cc2)c1CC#N. The highest BCUT2D eigenvalue weighted by Crippen LogP contribution is 2.40. The van der Waals surface area contributed by atoms with Crippen LogP contribution in [0.25, 0.3) is 22.3 Å². The number of hydrogen-bond acceptors (Lipinski definition) is 8. The Labute approximate surface area is 334 Å². The van der Waals surface area contributed by atoms with Crippen LogP contribution in [-0.2, 0) is 54.7 Å². The number of hydrogen-bond donors (Lipinski definition) is 2. The molecule has 1 amide bonds. The lowest BCUT2D eigenvalue weighted by Gasteiger charge is -2.29. The molecule has 2 aromatic carbocycles. The number of carbonyl (C=O) groups is 2. The Morgan fingerprint density at radius 1 is 0.768 bits per heavy atom. The zero-order valence-electron chi connectivity index (χ0n) is 35.4. The highest BCUT2D eigenvalue weighted by molar-refractivity contribution is 5.85. The first kappa shape index (κ1) is 43.7. The van der Waals surface area contributed by atoms with Crippen molar-refractivity contribution >= 4 is 12.1 Å². The smallest absolute Gasteiger partial charge is 0.408 e. The van der Waals surface area contributed by atoms with Gasteiger partial charge < -0.3 is 20.5 Å². The van der Waals surface area contributed by atoms with Gasteiger partial charge in [-0.15, -0.1) is 0 Å². The van der Waals surface area contributed by atoms with Crippen LogP contribution in [0.15, 0.2) is 48.5 Å². The summed E-state index contributed by atoms with van der Waals surface area (Å²) in [6.07, 6.45) is 0.728. The van der Waals surface area contributed by atoms with E-state index in [1.54, 1.807) is 0 Å². The molecular formula is C47H61N5O4. The molecule has 9 heteroatoms. The third kappa shape index (κ3) is 10.6. The van der Waals surface area contributed by atoms with Gasteiger partial charge in [0.15, 0.2) is 5.75 Å². The molecule has 3 N–H and O–H groups in total. The van der Waals surface area contributed by atoms with Crippen molar-refractivity contribution < 1.29 is 19.1 Å². The van der Waals surface area contributed by atoms with Crippen molar-refractivity contribution in [2.24, 2.45) is 23.0 Å². The summed E-state index contributed by atoms with van der Waals surface area (Å²) in [5, 5.41) is 12.8. The third-order valence-electron chi connectivity index (χ3n) is 9.83. The van der Waals surface area contributed by atoms with Crippen LogP contribution in [0.5, 0.6) is 5.75 Å². The van der Waals surface area contributed by atoms with Gasteiger partial charge in [-0.05, 0) is 79.2 Å². The second-order valence-electron chi connectivity index (χ2n) is 16.6. The van der Waals surface area contributed by atoms with Crippen LogP contribution in [0.1, 0.15) is 113 Å². The molecule has 1 unspecified atom stereocenters. The van der Waals surface area contributed by atoms with E-state index in [1.165, 1.54) is 0 Å². The van der Waals surface area contributed by atoms with Gasteiger partial charge in [0.1, 0.15) is 0 Å². The van der Waals surface area contributed by atoms with Crippen LogP contribution in [0.4, 0.5) is 4.79 Å². The fraction of sp³-hybridized carbons (Fsp3) is 0.468. The van der Waals surface area contributed by atoms with Crippen LogP contribution in [-0.4, -0.2) is 28.1 Å². The summed E-state index contributed by atoms with van der Waals surface area (Å²) < 4.78 is 12.3. The fourth-order valence-corrected chi connectivity index (χ4v) is 7.04. The van der Waals surface area contributed by atoms with Gasteiger partial charge in [-0.2, -0.15) is 5.26 Å². The number of ether oxygens (including phenoxy) is 2. The van der Waals surface area contributed by atoms with E-state index in [9.17, 15) is 14.9 Å². The highest BCUT2D eigenvalue weighted by atomic mass is 16.6. The van der Waals surface area contributed by atoms with Crippen molar-refractivity contribution in [1.82, 2.24) is 15.3 Å². The molecule has 2 aromatic heterocycles. The summed E-state index contributed by atoms with van der Waals surface area (Å²) in [4.78, 5) is 38.2. The average molecular weight is 760 g/mol. The number of nitrogens with one attached hydrogen (secondary N) is 1. The molecule has 0 saturated heterocycles. The second kappa shape index (κ2) is 19.2. The Kier molecular flexibility index (Phi) is 15.0. The molecule has 1 atom stereocenters. The predicted octanol–water partition coefficient (Wildman–Crippen LogP) is 9.72. The molecule has 0 aliphatic carbocycles. The second-order valence-corrected chi connectivity index (χ2v) is 16.6. The number of nitrogens with two attached hydrogens (primary N) is 1. The van der Waals surface area contributed by atoms with Crippen molar-refractivity contribution in [2.45, 2.75) is 127 Å². The molecule has 0 radical (unpaired) electrons. The molecule has 2 heterocycles. The summed E-state index contributed by atoms with van der Waals surface area (Å²) in [6, 6.07) is 18.6. The molecule has 0 bridgehead atoms. The topological polar surface area (TPSA) is 140 Å². The largest absolute Gasteiger partial charge is 0.434 e. The number of rotatable bonds is 15. The minimum absolute atomic E-state index is 0.0874. The van der Waals surface area contributed by atoms with Crippen LogP contribution < -0.4 is 15.8 Å². The van der Waals surface area contributed by atoms with E-state index in [2.05, 4.69) is 39.1 Å². The van der Waals surface area contributed by atoms with Crippen LogP contribution in [0, 0.1) is 42.4 Å². The van der Waals surface area contributed by atoms with E-state index < -0.39 is 23.6 Å². The number of aromatic nitrogens is 2. The summed E-state index contributed by atoms with van der Waals surface area (Å²) in [7, 11) is 0. The lowest BCUT2D eigenvalue weighted by molar-refractivity contribution is -0.149. The molecule has 0 aliphatic heterocycles. The van der Waals surface area contributed by atoms with Gasteiger partial charge >= 0.3 is 12.1 Å². The maximum absolute atomic E-state index is 14.3. The van der Waals surface area contributed by atoms with Crippen LogP contribution >= 0.6 is 0 Å². The Balaban J connectivity index is 1.75. The molecule has 0 spiro atoms. The predicted molar refractivity (Wildman–Crippen MR) is 224 cm³/mol. The van der Waals surface area contributed by atoms with Crippen LogP contribution in [0.3, 0.4) is 0 Å². The normalized spacial score (nSPS) is 12.1. The van der Waals surface area contributed by atoms with Gasteiger partial charge in [0, 0.05) is 46.7 Å².